The van der Waals surface area contributed by atoms with Crippen molar-refractivity contribution in [2.45, 2.75) is 32.9 Å². The summed E-state index contributed by atoms with van der Waals surface area (Å²) in [6.45, 7) is 6.14. The molecule has 2 atom stereocenters. The molecule has 0 aliphatic carbocycles. The van der Waals surface area contributed by atoms with Crippen LogP contribution in [0.25, 0.3) is 0 Å². The minimum Gasteiger partial charge on any atom is -0.391 e. The van der Waals surface area contributed by atoms with Crippen molar-refractivity contribution in [2.75, 3.05) is 27.2 Å². The highest BCUT2D eigenvalue weighted by atomic mass is 16.3. The number of likely N-dealkylation sites (tertiary alicyclic amines) is 1. The number of nitrogens with zero attached hydrogens (tertiary/aromatic N) is 3. The van der Waals surface area contributed by atoms with E-state index in [1.807, 2.05) is 13.8 Å². The maximum absolute atomic E-state index is 11.8. The number of β-amino-alcohol motifs (C(OH)–C–C–N with tert-alkyl or cyclic N) is 1. The zero-order valence-corrected chi connectivity index (χ0v) is 12.7. The Morgan fingerprint density at radius 1 is 1.45 bits per heavy atom. The van der Waals surface area contributed by atoms with Gasteiger partial charge >= 0.3 is 0 Å². The number of amides is 1. The largest absolute Gasteiger partial charge is 0.391 e. The van der Waals surface area contributed by atoms with Crippen LogP contribution in [0.15, 0.2) is 0 Å². The molecule has 0 saturated carbocycles. The molecule has 1 aliphatic heterocycles. The molecule has 2 N–H and O–H groups in total. The van der Waals surface area contributed by atoms with Crippen LogP contribution in [0.5, 0.6) is 0 Å². The van der Waals surface area contributed by atoms with Gasteiger partial charge < -0.3 is 10.0 Å². The van der Waals surface area contributed by atoms with E-state index < -0.39 is 6.10 Å². The summed E-state index contributed by atoms with van der Waals surface area (Å²) >= 11 is 0. The predicted molar refractivity (Wildman–Crippen MR) is 76.1 cm³/mol. The highest BCUT2D eigenvalue weighted by molar-refractivity contribution is 5.75. The molecule has 6 heteroatoms. The lowest BCUT2D eigenvalue weighted by Gasteiger charge is -2.17. The van der Waals surface area contributed by atoms with Crippen molar-refractivity contribution in [3.63, 3.8) is 0 Å². The van der Waals surface area contributed by atoms with Crippen LogP contribution >= 0.6 is 0 Å². The standard InChI is InChI=1S/C14H24N4O2/c1-9-12(10(2)16-15-9)7-18-6-11(13(19)8-18)5-14(20)17(3)4/h11,13,19H,5-8H2,1-4H3,(H,15,16)/t11-,13-/m0/s1. The molecule has 112 valence electrons. The van der Waals surface area contributed by atoms with Crippen LogP contribution in [0.4, 0.5) is 0 Å². The molecule has 1 aromatic rings. The molecule has 6 nitrogen and oxygen atoms in total. The van der Waals surface area contributed by atoms with E-state index in [-0.39, 0.29) is 11.8 Å². The Balaban J connectivity index is 1.95. The molecule has 1 saturated heterocycles. The number of aromatic nitrogens is 2. The van der Waals surface area contributed by atoms with Gasteiger partial charge in [0.2, 0.25) is 5.91 Å². The first-order valence-corrected chi connectivity index (χ1v) is 6.99. The van der Waals surface area contributed by atoms with Gasteiger partial charge in [0.15, 0.2) is 0 Å². The van der Waals surface area contributed by atoms with E-state index in [2.05, 4.69) is 15.1 Å². The third kappa shape index (κ3) is 3.19. The average molecular weight is 280 g/mol. The number of aryl methyl sites for hydroxylation is 2. The van der Waals surface area contributed by atoms with Gasteiger partial charge in [-0.3, -0.25) is 14.8 Å². The fraction of sp³-hybridized carbons (Fsp3) is 0.714. The van der Waals surface area contributed by atoms with Gasteiger partial charge in [-0.15, -0.1) is 0 Å². The molecule has 2 heterocycles. The minimum absolute atomic E-state index is 0.0254. The third-order valence-corrected chi connectivity index (χ3v) is 4.08. The Morgan fingerprint density at radius 3 is 2.70 bits per heavy atom. The lowest BCUT2D eigenvalue weighted by Crippen LogP contribution is -2.28. The second-order valence-corrected chi connectivity index (χ2v) is 5.93. The fourth-order valence-corrected chi connectivity index (χ4v) is 2.71. The molecule has 0 radical (unpaired) electrons. The summed E-state index contributed by atoms with van der Waals surface area (Å²) in [7, 11) is 3.50. The van der Waals surface area contributed by atoms with Crippen LogP contribution < -0.4 is 0 Å². The molecule has 0 spiro atoms. The Kier molecular flexibility index (Phi) is 4.45. The number of aliphatic hydroxyl groups excluding tert-OH is 1. The summed E-state index contributed by atoms with van der Waals surface area (Å²) in [5.74, 6) is 0.101. The van der Waals surface area contributed by atoms with E-state index in [4.69, 9.17) is 0 Å². The summed E-state index contributed by atoms with van der Waals surface area (Å²) in [4.78, 5) is 15.5. The Hall–Kier alpha value is -1.40. The number of carbonyl (C=O) groups excluding carboxylic acids is 1. The molecular formula is C14H24N4O2. The van der Waals surface area contributed by atoms with Crippen LogP contribution in [-0.2, 0) is 11.3 Å². The van der Waals surface area contributed by atoms with Crippen molar-refractivity contribution in [1.29, 1.82) is 0 Å². The second-order valence-electron chi connectivity index (χ2n) is 5.93. The number of nitrogens with one attached hydrogen (secondary N) is 1. The highest BCUT2D eigenvalue weighted by Gasteiger charge is 2.33. The molecule has 1 aromatic heterocycles. The molecule has 0 bridgehead atoms. The number of rotatable bonds is 4. The lowest BCUT2D eigenvalue weighted by molar-refractivity contribution is -0.130. The van der Waals surface area contributed by atoms with Crippen LogP contribution in [0.3, 0.4) is 0 Å². The van der Waals surface area contributed by atoms with E-state index in [1.54, 1.807) is 19.0 Å². The fourth-order valence-electron chi connectivity index (χ4n) is 2.71. The van der Waals surface area contributed by atoms with Crippen molar-refractivity contribution >= 4 is 5.91 Å². The van der Waals surface area contributed by atoms with Gasteiger partial charge in [-0.05, 0) is 13.8 Å². The first kappa shape index (κ1) is 15.0. The van der Waals surface area contributed by atoms with Gasteiger partial charge in [-0.1, -0.05) is 0 Å². The van der Waals surface area contributed by atoms with Gasteiger partial charge in [-0.2, -0.15) is 5.10 Å². The number of carbonyl (C=O) groups is 1. The van der Waals surface area contributed by atoms with Crippen molar-refractivity contribution in [3.05, 3.63) is 17.0 Å². The molecule has 20 heavy (non-hydrogen) atoms. The van der Waals surface area contributed by atoms with Gasteiger partial charge in [0.1, 0.15) is 0 Å². The summed E-state index contributed by atoms with van der Waals surface area (Å²) in [6, 6.07) is 0. The van der Waals surface area contributed by atoms with Gasteiger partial charge in [-0.25, -0.2) is 0 Å². The second kappa shape index (κ2) is 5.93. The molecule has 1 amide bonds. The Labute approximate surface area is 119 Å². The van der Waals surface area contributed by atoms with E-state index in [0.717, 1.165) is 24.5 Å². The number of hydrogen-bond donors (Lipinski definition) is 2. The smallest absolute Gasteiger partial charge is 0.222 e. The molecule has 0 unspecified atom stereocenters. The first-order chi connectivity index (χ1) is 9.38. The van der Waals surface area contributed by atoms with Gasteiger partial charge in [0, 0.05) is 57.3 Å². The predicted octanol–water partition coefficient (Wildman–Crippen LogP) is 0.298. The zero-order valence-electron chi connectivity index (χ0n) is 12.7. The normalized spacial score (nSPS) is 23.2. The number of aromatic amines is 1. The number of H-pyrrole nitrogens is 1. The van der Waals surface area contributed by atoms with Crippen molar-refractivity contribution in [2.24, 2.45) is 5.92 Å². The maximum atomic E-state index is 11.8. The third-order valence-electron chi connectivity index (χ3n) is 4.08. The maximum Gasteiger partial charge on any atom is 0.222 e. The molecular weight excluding hydrogens is 256 g/mol. The molecule has 2 rings (SSSR count). The SMILES string of the molecule is Cc1n[nH]c(C)c1CN1C[C@H](CC(=O)N(C)C)[C@@H](O)C1. The van der Waals surface area contributed by atoms with Crippen molar-refractivity contribution in [3.8, 4) is 0 Å². The van der Waals surface area contributed by atoms with E-state index in [1.165, 1.54) is 5.56 Å². The van der Waals surface area contributed by atoms with Gasteiger partial charge in [0.25, 0.3) is 0 Å². The quantitative estimate of drug-likeness (QED) is 0.832. The van der Waals surface area contributed by atoms with E-state index in [0.29, 0.717) is 13.0 Å². The van der Waals surface area contributed by atoms with Crippen molar-refractivity contribution < 1.29 is 9.90 Å². The number of hydrogen-bond acceptors (Lipinski definition) is 4. The molecule has 1 aliphatic rings. The summed E-state index contributed by atoms with van der Waals surface area (Å²) in [6.07, 6.45) is -0.0139. The summed E-state index contributed by atoms with van der Waals surface area (Å²) < 4.78 is 0. The van der Waals surface area contributed by atoms with E-state index in [9.17, 15) is 9.90 Å². The molecule has 0 aromatic carbocycles. The van der Waals surface area contributed by atoms with Gasteiger partial charge in [0.05, 0.1) is 11.8 Å². The summed E-state index contributed by atoms with van der Waals surface area (Å²) in [5, 5.41) is 17.3. The highest BCUT2D eigenvalue weighted by Crippen LogP contribution is 2.24. The average Bonchev–Trinajstić information content (AvgIpc) is 2.87. The monoisotopic (exact) mass is 280 g/mol. The number of aliphatic hydroxyl groups is 1. The Bertz CT molecular complexity index is 464. The minimum atomic E-state index is -0.425. The van der Waals surface area contributed by atoms with Crippen molar-refractivity contribution in [1.82, 2.24) is 20.0 Å². The topological polar surface area (TPSA) is 72.5 Å². The summed E-state index contributed by atoms with van der Waals surface area (Å²) in [5.41, 5.74) is 3.27. The van der Waals surface area contributed by atoms with Crippen LogP contribution in [-0.4, -0.2) is 64.3 Å². The first-order valence-electron chi connectivity index (χ1n) is 6.99. The van der Waals surface area contributed by atoms with Crippen LogP contribution in [0.2, 0.25) is 0 Å². The van der Waals surface area contributed by atoms with Crippen LogP contribution in [0, 0.1) is 19.8 Å². The van der Waals surface area contributed by atoms with Crippen LogP contribution in [0.1, 0.15) is 23.4 Å². The van der Waals surface area contributed by atoms with E-state index >= 15 is 0 Å². The lowest BCUT2D eigenvalue weighted by atomic mass is 10.0. The Morgan fingerprint density at radius 2 is 2.15 bits per heavy atom. The zero-order chi connectivity index (χ0) is 14.9. The molecule has 1 fully saturated rings.